The van der Waals surface area contributed by atoms with E-state index in [4.69, 9.17) is 14.9 Å². The molecule has 0 unspecified atom stereocenters. The third kappa shape index (κ3) is 3.11. The SMILES string of the molecule is COc1cc(O)cc(-c2cc(C(=O)O)cc(C(=O)O)c2)c1. The third-order valence-corrected chi connectivity index (χ3v) is 2.89. The Morgan fingerprint density at radius 2 is 1.38 bits per heavy atom. The van der Waals surface area contributed by atoms with E-state index in [-0.39, 0.29) is 16.9 Å². The van der Waals surface area contributed by atoms with Crippen LogP contribution in [0.3, 0.4) is 0 Å². The topological polar surface area (TPSA) is 104 Å². The summed E-state index contributed by atoms with van der Waals surface area (Å²) in [6, 6.07) is 8.12. The van der Waals surface area contributed by atoms with Crippen LogP contribution in [0.2, 0.25) is 0 Å². The van der Waals surface area contributed by atoms with E-state index in [9.17, 15) is 14.7 Å². The highest BCUT2D eigenvalue weighted by atomic mass is 16.5. The molecule has 0 heterocycles. The van der Waals surface area contributed by atoms with Gasteiger partial charge in [-0.05, 0) is 41.5 Å². The lowest BCUT2D eigenvalue weighted by atomic mass is 9.99. The molecule has 0 saturated heterocycles. The molecular formula is C15H12O6. The normalized spacial score (nSPS) is 10.1. The molecule has 0 aliphatic heterocycles. The number of ether oxygens (including phenoxy) is 1. The average Bonchev–Trinajstić information content (AvgIpc) is 2.45. The molecule has 2 rings (SSSR count). The highest BCUT2D eigenvalue weighted by Gasteiger charge is 2.13. The maximum Gasteiger partial charge on any atom is 0.335 e. The van der Waals surface area contributed by atoms with Crippen molar-refractivity contribution in [3.8, 4) is 22.6 Å². The Balaban J connectivity index is 2.65. The van der Waals surface area contributed by atoms with E-state index in [1.807, 2.05) is 0 Å². The molecule has 2 aromatic carbocycles. The van der Waals surface area contributed by atoms with E-state index >= 15 is 0 Å². The number of benzene rings is 2. The summed E-state index contributed by atoms with van der Waals surface area (Å²) in [5.74, 6) is -2.15. The summed E-state index contributed by atoms with van der Waals surface area (Å²) in [6.45, 7) is 0. The van der Waals surface area contributed by atoms with Crippen LogP contribution in [0.5, 0.6) is 11.5 Å². The van der Waals surface area contributed by atoms with Crippen LogP contribution in [-0.2, 0) is 0 Å². The van der Waals surface area contributed by atoms with E-state index in [0.717, 1.165) is 6.07 Å². The second-order valence-electron chi connectivity index (χ2n) is 4.33. The molecule has 0 aliphatic carbocycles. The van der Waals surface area contributed by atoms with Crippen LogP contribution < -0.4 is 4.74 Å². The van der Waals surface area contributed by atoms with Crippen LogP contribution in [0.1, 0.15) is 20.7 Å². The minimum Gasteiger partial charge on any atom is -0.508 e. The standard InChI is InChI=1S/C15H12O6/c1-21-13-6-9(5-12(16)7-13)8-2-10(14(17)18)4-11(3-8)15(19)20/h2-7,16H,1H3,(H,17,18)(H,19,20). The molecule has 0 saturated carbocycles. The predicted molar refractivity (Wildman–Crippen MR) is 74.0 cm³/mol. The van der Waals surface area contributed by atoms with E-state index in [1.54, 1.807) is 6.07 Å². The highest BCUT2D eigenvalue weighted by molar-refractivity contribution is 5.96. The molecule has 3 N–H and O–H groups in total. The summed E-state index contributed by atoms with van der Waals surface area (Å²) in [4.78, 5) is 22.2. The van der Waals surface area contributed by atoms with Crippen molar-refractivity contribution in [3.63, 3.8) is 0 Å². The van der Waals surface area contributed by atoms with Gasteiger partial charge in [0, 0.05) is 6.07 Å². The van der Waals surface area contributed by atoms with Crippen molar-refractivity contribution in [2.24, 2.45) is 0 Å². The lowest BCUT2D eigenvalue weighted by Crippen LogP contribution is -2.03. The maximum atomic E-state index is 11.1. The average molecular weight is 288 g/mol. The molecule has 108 valence electrons. The molecule has 0 aromatic heterocycles. The zero-order valence-electron chi connectivity index (χ0n) is 11.0. The van der Waals surface area contributed by atoms with Crippen molar-refractivity contribution in [2.45, 2.75) is 0 Å². The summed E-state index contributed by atoms with van der Waals surface area (Å²) in [6.07, 6.45) is 0. The first-order valence-corrected chi connectivity index (χ1v) is 5.91. The Morgan fingerprint density at radius 3 is 1.86 bits per heavy atom. The van der Waals surface area contributed by atoms with Gasteiger partial charge in [0.05, 0.1) is 18.2 Å². The first-order chi connectivity index (χ1) is 9.90. The van der Waals surface area contributed by atoms with Gasteiger partial charge < -0.3 is 20.1 Å². The zero-order valence-corrected chi connectivity index (χ0v) is 11.0. The van der Waals surface area contributed by atoms with E-state index < -0.39 is 11.9 Å². The van der Waals surface area contributed by atoms with Crippen LogP contribution in [0.25, 0.3) is 11.1 Å². The van der Waals surface area contributed by atoms with Crippen molar-refractivity contribution < 1.29 is 29.6 Å². The van der Waals surface area contributed by atoms with Crippen molar-refractivity contribution in [1.29, 1.82) is 0 Å². The summed E-state index contributed by atoms with van der Waals surface area (Å²) < 4.78 is 5.02. The Morgan fingerprint density at radius 1 is 0.857 bits per heavy atom. The fourth-order valence-electron chi connectivity index (χ4n) is 1.91. The van der Waals surface area contributed by atoms with Crippen LogP contribution in [-0.4, -0.2) is 34.4 Å². The zero-order chi connectivity index (χ0) is 15.6. The summed E-state index contributed by atoms with van der Waals surface area (Å²) in [5, 5.41) is 27.7. The molecule has 2 aromatic rings. The number of phenolic OH excluding ortho intramolecular Hbond substituents is 1. The Hall–Kier alpha value is -3.02. The molecule has 0 amide bonds. The highest BCUT2D eigenvalue weighted by Crippen LogP contribution is 2.30. The number of hydrogen-bond acceptors (Lipinski definition) is 4. The van der Waals surface area contributed by atoms with Gasteiger partial charge in [-0.2, -0.15) is 0 Å². The molecular weight excluding hydrogens is 276 g/mol. The first kappa shape index (κ1) is 14.4. The minimum absolute atomic E-state index is 0.0676. The van der Waals surface area contributed by atoms with Crippen molar-refractivity contribution >= 4 is 11.9 Å². The fourth-order valence-corrected chi connectivity index (χ4v) is 1.91. The monoisotopic (exact) mass is 288 g/mol. The Kier molecular flexibility index (Phi) is 3.80. The van der Waals surface area contributed by atoms with Crippen LogP contribution >= 0.6 is 0 Å². The van der Waals surface area contributed by atoms with Crippen LogP contribution in [0.4, 0.5) is 0 Å². The van der Waals surface area contributed by atoms with Gasteiger partial charge in [0.15, 0.2) is 0 Å². The van der Waals surface area contributed by atoms with E-state index in [2.05, 4.69) is 0 Å². The molecule has 21 heavy (non-hydrogen) atoms. The van der Waals surface area contributed by atoms with Crippen molar-refractivity contribution in [3.05, 3.63) is 47.5 Å². The summed E-state index contributed by atoms with van der Waals surface area (Å²) in [7, 11) is 1.43. The molecule has 0 radical (unpaired) electrons. The van der Waals surface area contributed by atoms with Gasteiger partial charge in [-0.15, -0.1) is 0 Å². The lowest BCUT2D eigenvalue weighted by molar-refractivity contribution is 0.0696. The van der Waals surface area contributed by atoms with Crippen LogP contribution in [0, 0.1) is 0 Å². The number of rotatable bonds is 4. The largest absolute Gasteiger partial charge is 0.508 e. The molecule has 0 bridgehead atoms. The molecule has 6 heteroatoms. The van der Waals surface area contributed by atoms with E-state index in [0.29, 0.717) is 16.9 Å². The fraction of sp³-hybridized carbons (Fsp3) is 0.0667. The summed E-state index contributed by atoms with van der Waals surface area (Å²) >= 11 is 0. The number of hydrogen-bond donors (Lipinski definition) is 3. The van der Waals surface area contributed by atoms with Crippen LogP contribution in [0.15, 0.2) is 36.4 Å². The number of aromatic hydroxyl groups is 1. The van der Waals surface area contributed by atoms with E-state index in [1.165, 1.54) is 31.4 Å². The van der Waals surface area contributed by atoms with Gasteiger partial charge in [0.25, 0.3) is 0 Å². The quantitative estimate of drug-likeness (QED) is 0.798. The molecule has 6 nitrogen and oxygen atoms in total. The summed E-state index contributed by atoms with van der Waals surface area (Å²) in [5.41, 5.74) is 0.526. The second-order valence-corrected chi connectivity index (χ2v) is 4.33. The second kappa shape index (κ2) is 5.54. The number of phenols is 1. The first-order valence-electron chi connectivity index (χ1n) is 5.91. The predicted octanol–water partition coefficient (Wildman–Crippen LogP) is 2.46. The van der Waals surface area contributed by atoms with Gasteiger partial charge in [0.1, 0.15) is 11.5 Å². The number of aromatic carboxylic acids is 2. The van der Waals surface area contributed by atoms with Gasteiger partial charge in [-0.25, -0.2) is 9.59 Å². The third-order valence-electron chi connectivity index (χ3n) is 2.89. The molecule has 0 spiro atoms. The van der Waals surface area contributed by atoms with Gasteiger partial charge in [0.2, 0.25) is 0 Å². The number of carboxylic acids is 2. The minimum atomic E-state index is -1.23. The molecule has 0 fully saturated rings. The van der Waals surface area contributed by atoms with Gasteiger partial charge in [-0.3, -0.25) is 0 Å². The number of carboxylic acid groups (broad SMARTS) is 2. The number of methoxy groups -OCH3 is 1. The van der Waals surface area contributed by atoms with Crippen molar-refractivity contribution in [2.75, 3.05) is 7.11 Å². The van der Waals surface area contributed by atoms with Crippen molar-refractivity contribution in [1.82, 2.24) is 0 Å². The lowest BCUT2D eigenvalue weighted by Gasteiger charge is -2.08. The molecule has 0 aliphatic rings. The van der Waals surface area contributed by atoms with Gasteiger partial charge >= 0.3 is 11.9 Å². The molecule has 0 atom stereocenters. The van der Waals surface area contributed by atoms with Gasteiger partial charge in [-0.1, -0.05) is 0 Å². The maximum absolute atomic E-state index is 11.1. The Labute approximate surface area is 119 Å². The number of carbonyl (C=O) groups is 2. The Bertz CT molecular complexity index is 688. The smallest absolute Gasteiger partial charge is 0.335 e.